The maximum absolute atomic E-state index is 8.89. The minimum atomic E-state index is 0.227. The molecule has 24 heavy (non-hydrogen) atoms. The molecule has 0 heterocycles. The molecule has 0 N–H and O–H groups in total. The normalized spacial score (nSPS) is 14.6. The predicted octanol–water partition coefficient (Wildman–Crippen LogP) is 7.91. The molecule has 0 amide bonds. The van der Waals surface area contributed by atoms with Crippen molar-refractivity contribution in [3.63, 3.8) is 0 Å². The van der Waals surface area contributed by atoms with Crippen molar-refractivity contribution in [2.24, 2.45) is 5.41 Å². The largest absolute Gasteiger partial charge is 0.198 e. The highest BCUT2D eigenvalue weighted by atomic mass is 14.3. The molecule has 0 aromatic carbocycles. The summed E-state index contributed by atoms with van der Waals surface area (Å²) in [4.78, 5) is 0. The maximum atomic E-state index is 8.89. The van der Waals surface area contributed by atoms with Crippen LogP contribution in [0.2, 0.25) is 0 Å². The van der Waals surface area contributed by atoms with Crippen LogP contribution in [-0.4, -0.2) is 0 Å². The summed E-state index contributed by atoms with van der Waals surface area (Å²) in [5.74, 6) is 0. The predicted molar refractivity (Wildman–Crippen MR) is 108 cm³/mol. The van der Waals surface area contributed by atoms with E-state index in [1.807, 2.05) is 0 Å². The van der Waals surface area contributed by atoms with Gasteiger partial charge in [-0.15, -0.1) is 0 Å². The molecular weight excluding hydrogens is 290 g/mol. The highest BCUT2D eigenvalue weighted by molar-refractivity contribution is 4.97. The molecule has 1 atom stereocenters. The first kappa shape index (κ1) is 22.7. The third-order valence-corrected chi connectivity index (χ3v) is 4.78. The van der Waals surface area contributed by atoms with Crippen LogP contribution < -0.4 is 0 Å². The Morgan fingerprint density at radius 3 is 1.83 bits per heavy atom. The van der Waals surface area contributed by atoms with E-state index in [2.05, 4.69) is 63.3 Å². The van der Waals surface area contributed by atoms with Crippen LogP contribution in [0, 0.1) is 16.7 Å². The van der Waals surface area contributed by atoms with Crippen LogP contribution in [0.25, 0.3) is 0 Å². The molecule has 0 aliphatic rings. The minimum absolute atomic E-state index is 0.227. The van der Waals surface area contributed by atoms with Crippen molar-refractivity contribution in [2.45, 2.75) is 97.8 Å². The Bertz CT molecular complexity index is 397. The van der Waals surface area contributed by atoms with Crippen molar-refractivity contribution in [3.05, 3.63) is 36.5 Å². The van der Waals surface area contributed by atoms with Gasteiger partial charge in [-0.05, 0) is 56.8 Å². The van der Waals surface area contributed by atoms with Crippen LogP contribution in [0.4, 0.5) is 0 Å². The van der Waals surface area contributed by atoms with Gasteiger partial charge in [-0.25, -0.2) is 0 Å². The Labute approximate surface area is 151 Å². The van der Waals surface area contributed by atoms with Gasteiger partial charge >= 0.3 is 0 Å². The topological polar surface area (TPSA) is 23.8 Å². The molecule has 1 heteroatoms. The summed E-state index contributed by atoms with van der Waals surface area (Å²) in [6, 6.07) is 2.34. The molecule has 0 aromatic heterocycles. The second-order valence-corrected chi connectivity index (χ2v) is 7.13. The van der Waals surface area contributed by atoms with Crippen molar-refractivity contribution in [1.82, 2.24) is 0 Å². The summed E-state index contributed by atoms with van der Waals surface area (Å²) in [7, 11) is 0. The fourth-order valence-corrected chi connectivity index (χ4v) is 2.68. The zero-order valence-electron chi connectivity index (χ0n) is 16.4. The molecule has 0 aliphatic heterocycles. The van der Waals surface area contributed by atoms with Gasteiger partial charge in [0, 0.05) is 6.42 Å². The zero-order valence-corrected chi connectivity index (χ0v) is 16.4. The van der Waals surface area contributed by atoms with Gasteiger partial charge in [-0.2, -0.15) is 5.26 Å². The first-order chi connectivity index (χ1) is 11.7. The number of allylic oxidation sites excluding steroid dienone is 6. The van der Waals surface area contributed by atoms with E-state index in [-0.39, 0.29) is 5.41 Å². The average molecular weight is 330 g/mol. The Balaban J connectivity index is 3.56. The Morgan fingerprint density at radius 1 is 0.792 bits per heavy atom. The van der Waals surface area contributed by atoms with Gasteiger partial charge in [-0.3, -0.25) is 0 Å². The van der Waals surface area contributed by atoms with Crippen LogP contribution >= 0.6 is 0 Å². The highest BCUT2D eigenvalue weighted by Crippen LogP contribution is 2.31. The fourth-order valence-electron chi connectivity index (χ4n) is 2.68. The van der Waals surface area contributed by atoms with Gasteiger partial charge in [-0.1, -0.05) is 76.5 Å². The van der Waals surface area contributed by atoms with E-state index in [4.69, 9.17) is 5.26 Å². The first-order valence-electron chi connectivity index (χ1n) is 10.0. The Kier molecular flexibility index (Phi) is 15.7. The number of hydrogen-bond acceptors (Lipinski definition) is 1. The lowest BCUT2D eigenvalue weighted by molar-refractivity contribution is 0.281. The van der Waals surface area contributed by atoms with Crippen LogP contribution in [0.5, 0.6) is 0 Å². The molecule has 0 radical (unpaired) electrons. The lowest BCUT2D eigenvalue weighted by Gasteiger charge is -2.24. The van der Waals surface area contributed by atoms with Crippen molar-refractivity contribution in [1.29, 1.82) is 5.26 Å². The summed E-state index contributed by atoms with van der Waals surface area (Å²) in [6.07, 6.45) is 27.6. The second-order valence-electron chi connectivity index (χ2n) is 7.13. The van der Waals surface area contributed by atoms with Crippen molar-refractivity contribution >= 4 is 0 Å². The van der Waals surface area contributed by atoms with Crippen molar-refractivity contribution in [2.75, 3.05) is 0 Å². The summed E-state index contributed by atoms with van der Waals surface area (Å²) in [6.45, 7) is 6.69. The summed E-state index contributed by atoms with van der Waals surface area (Å²) in [5.41, 5.74) is 0.227. The minimum Gasteiger partial charge on any atom is -0.198 e. The summed E-state index contributed by atoms with van der Waals surface area (Å²) >= 11 is 0. The molecule has 0 saturated carbocycles. The number of nitriles is 1. The summed E-state index contributed by atoms with van der Waals surface area (Å²) < 4.78 is 0. The van der Waals surface area contributed by atoms with Crippen molar-refractivity contribution in [3.8, 4) is 6.07 Å². The van der Waals surface area contributed by atoms with E-state index in [1.54, 1.807) is 0 Å². The molecule has 0 saturated heterocycles. The molecule has 136 valence electrons. The van der Waals surface area contributed by atoms with E-state index in [0.717, 1.165) is 25.7 Å². The van der Waals surface area contributed by atoms with Gasteiger partial charge < -0.3 is 0 Å². The van der Waals surface area contributed by atoms with Gasteiger partial charge in [0.1, 0.15) is 0 Å². The third-order valence-electron chi connectivity index (χ3n) is 4.78. The molecule has 1 unspecified atom stereocenters. The molecule has 0 spiro atoms. The van der Waals surface area contributed by atoms with Crippen LogP contribution in [-0.2, 0) is 0 Å². The SMILES string of the molecule is CCCCC/C=C\C/C=C\C/C=C\CCCCC(C)(CC)CC#N. The second kappa shape index (κ2) is 16.6. The van der Waals surface area contributed by atoms with Gasteiger partial charge in [0.2, 0.25) is 0 Å². The van der Waals surface area contributed by atoms with Gasteiger partial charge in [0.05, 0.1) is 6.07 Å². The first-order valence-corrected chi connectivity index (χ1v) is 10.0. The van der Waals surface area contributed by atoms with Crippen LogP contribution in [0.1, 0.15) is 97.8 Å². The van der Waals surface area contributed by atoms with Gasteiger partial charge in [0.25, 0.3) is 0 Å². The van der Waals surface area contributed by atoms with E-state index in [0.29, 0.717) is 6.42 Å². The highest BCUT2D eigenvalue weighted by Gasteiger charge is 2.20. The standard InChI is InChI=1S/C23H39N/c1-4-6-7-8-9-10-11-12-13-14-15-16-17-18-19-20-23(3,5-2)21-22-24/h9-10,12-13,15-16H,4-8,11,14,17-21H2,1-3H3/b10-9-,13-12-,16-15-. The Morgan fingerprint density at radius 2 is 1.33 bits per heavy atom. The molecule has 0 aromatic rings. The molecule has 0 fully saturated rings. The quantitative estimate of drug-likeness (QED) is 0.221. The maximum Gasteiger partial charge on any atom is 0.0627 e. The van der Waals surface area contributed by atoms with Crippen LogP contribution in [0.15, 0.2) is 36.5 Å². The molecule has 0 bridgehead atoms. The Hall–Kier alpha value is -1.29. The molecule has 0 aliphatic carbocycles. The monoisotopic (exact) mass is 329 g/mol. The van der Waals surface area contributed by atoms with E-state index in [9.17, 15) is 0 Å². The average Bonchev–Trinajstić information content (AvgIpc) is 2.58. The van der Waals surface area contributed by atoms with E-state index >= 15 is 0 Å². The number of hydrogen-bond donors (Lipinski definition) is 0. The molecule has 1 nitrogen and oxygen atoms in total. The number of unbranched alkanes of at least 4 members (excludes halogenated alkanes) is 5. The van der Waals surface area contributed by atoms with Crippen LogP contribution in [0.3, 0.4) is 0 Å². The van der Waals surface area contributed by atoms with Gasteiger partial charge in [0.15, 0.2) is 0 Å². The third kappa shape index (κ3) is 14.3. The lowest BCUT2D eigenvalue weighted by atomic mass is 9.80. The number of nitrogens with zero attached hydrogens (tertiary/aromatic N) is 1. The lowest BCUT2D eigenvalue weighted by Crippen LogP contribution is -2.13. The fraction of sp³-hybridized carbons (Fsp3) is 0.696. The molecule has 0 rings (SSSR count). The van der Waals surface area contributed by atoms with E-state index < -0.39 is 0 Å². The number of rotatable bonds is 15. The van der Waals surface area contributed by atoms with Crippen molar-refractivity contribution < 1.29 is 0 Å². The van der Waals surface area contributed by atoms with E-state index in [1.165, 1.54) is 44.9 Å². The summed E-state index contributed by atoms with van der Waals surface area (Å²) in [5, 5.41) is 8.89. The smallest absolute Gasteiger partial charge is 0.0627 e. The molecular formula is C23H39N. The zero-order chi connectivity index (χ0) is 17.9.